The van der Waals surface area contributed by atoms with Gasteiger partial charge in [-0.3, -0.25) is 14.5 Å². The minimum atomic E-state index is -0.193. The predicted octanol–water partition coefficient (Wildman–Crippen LogP) is 1.80. The fourth-order valence-electron chi connectivity index (χ4n) is 1.61. The Morgan fingerprint density at radius 3 is 2.89 bits per heavy atom. The van der Waals surface area contributed by atoms with Crippen LogP contribution in [0.1, 0.15) is 12.7 Å². The summed E-state index contributed by atoms with van der Waals surface area (Å²) in [6.07, 6.45) is 0.689. The molecule has 2 heterocycles. The van der Waals surface area contributed by atoms with Gasteiger partial charge in [0.15, 0.2) is 0 Å². The third-order valence-corrected chi connectivity index (χ3v) is 3.59. The van der Waals surface area contributed by atoms with Gasteiger partial charge in [-0.25, -0.2) is 9.97 Å². The fraction of sp³-hybridized carbons (Fsp3) is 0.455. The highest BCUT2D eigenvalue weighted by Gasteiger charge is 2.29. The van der Waals surface area contributed by atoms with E-state index in [0.29, 0.717) is 36.3 Å². The molecule has 0 radical (unpaired) electrons. The molecule has 1 fully saturated rings. The third-order valence-electron chi connectivity index (χ3n) is 2.54. The highest BCUT2D eigenvalue weighted by atomic mass is 35.5. The van der Waals surface area contributed by atoms with Crippen molar-refractivity contribution < 1.29 is 9.59 Å². The Labute approximate surface area is 119 Å². The number of carbonyl (C=O) groups is 2. The number of nitrogens with one attached hydrogen (secondary N) is 1. The Morgan fingerprint density at radius 2 is 2.26 bits per heavy atom. The number of imide groups is 1. The van der Waals surface area contributed by atoms with Crippen LogP contribution in [-0.4, -0.2) is 44.9 Å². The summed E-state index contributed by atoms with van der Waals surface area (Å²) in [5, 5.41) is 3.22. The molecule has 6 nitrogen and oxygen atoms in total. The first-order valence-electron chi connectivity index (χ1n) is 5.84. The van der Waals surface area contributed by atoms with Crippen molar-refractivity contribution >= 4 is 40.3 Å². The van der Waals surface area contributed by atoms with Gasteiger partial charge in [0.25, 0.3) is 5.24 Å². The molecule has 0 saturated carbocycles. The summed E-state index contributed by atoms with van der Waals surface area (Å²) in [5.41, 5.74) is 0. The molecule has 1 aromatic heterocycles. The number of thioether (sulfide) groups is 1. The molecule has 0 unspecified atom stereocenters. The van der Waals surface area contributed by atoms with Crippen molar-refractivity contribution in [1.82, 2.24) is 14.9 Å². The van der Waals surface area contributed by atoms with E-state index in [2.05, 4.69) is 15.3 Å². The van der Waals surface area contributed by atoms with Crippen molar-refractivity contribution in [3.63, 3.8) is 0 Å². The van der Waals surface area contributed by atoms with Crippen molar-refractivity contribution in [3.05, 3.63) is 17.0 Å². The maximum absolute atomic E-state index is 11.4. The average molecular weight is 301 g/mol. The second kappa shape index (κ2) is 6.21. The van der Waals surface area contributed by atoms with E-state index in [0.717, 1.165) is 11.8 Å². The highest BCUT2D eigenvalue weighted by molar-refractivity contribution is 8.14. The van der Waals surface area contributed by atoms with Crippen LogP contribution in [0.15, 0.2) is 6.07 Å². The molecule has 0 bridgehead atoms. The van der Waals surface area contributed by atoms with Crippen LogP contribution in [0.2, 0.25) is 5.15 Å². The second-order valence-corrected chi connectivity index (χ2v) is 5.19. The SMILES string of the molecule is CCc1nc(Cl)cc(NCCN2C(=O)CSC2=O)n1. The minimum Gasteiger partial charge on any atom is -0.368 e. The lowest BCUT2D eigenvalue weighted by Gasteiger charge is -2.13. The van der Waals surface area contributed by atoms with Gasteiger partial charge in [0.1, 0.15) is 16.8 Å². The van der Waals surface area contributed by atoms with Crippen molar-refractivity contribution in [2.75, 3.05) is 24.2 Å². The van der Waals surface area contributed by atoms with Gasteiger partial charge in [-0.1, -0.05) is 30.3 Å². The fourth-order valence-corrected chi connectivity index (χ4v) is 2.56. The van der Waals surface area contributed by atoms with E-state index in [1.807, 2.05) is 6.92 Å². The second-order valence-electron chi connectivity index (χ2n) is 3.87. The quantitative estimate of drug-likeness (QED) is 0.836. The van der Waals surface area contributed by atoms with Crippen LogP contribution in [0.4, 0.5) is 10.6 Å². The molecule has 2 rings (SSSR count). The van der Waals surface area contributed by atoms with Crippen LogP contribution in [-0.2, 0) is 11.2 Å². The van der Waals surface area contributed by atoms with E-state index in [1.54, 1.807) is 6.07 Å². The highest BCUT2D eigenvalue weighted by Crippen LogP contribution is 2.18. The number of anilines is 1. The first-order chi connectivity index (χ1) is 9.10. The Balaban J connectivity index is 1.90. The topological polar surface area (TPSA) is 75.2 Å². The Kier molecular flexibility index (Phi) is 4.60. The normalized spacial score (nSPS) is 15.2. The number of halogens is 1. The molecule has 1 saturated heterocycles. The van der Waals surface area contributed by atoms with Crippen molar-refractivity contribution in [3.8, 4) is 0 Å². The molecule has 1 N–H and O–H groups in total. The minimum absolute atomic E-state index is 0.147. The van der Waals surface area contributed by atoms with E-state index < -0.39 is 0 Å². The Bertz CT molecular complexity index is 495. The summed E-state index contributed by atoms with van der Waals surface area (Å²) < 4.78 is 0. The van der Waals surface area contributed by atoms with Gasteiger partial charge >= 0.3 is 0 Å². The molecule has 1 aromatic rings. The first-order valence-corrected chi connectivity index (χ1v) is 7.21. The van der Waals surface area contributed by atoms with Crippen LogP contribution in [0.5, 0.6) is 0 Å². The van der Waals surface area contributed by atoms with E-state index in [1.165, 1.54) is 4.90 Å². The molecular weight excluding hydrogens is 288 g/mol. The third kappa shape index (κ3) is 3.57. The standard InChI is InChI=1S/C11H13ClN4O2S/c1-2-8-14-7(12)5-9(15-8)13-3-4-16-10(17)6-19-11(16)18/h5H,2-4,6H2,1H3,(H,13,14,15). The van der Waals surface area contributed by atoms with E-state index in [-0.39, 0.29) is 16.9 Å². The zero-order chi connectivity index (χ0) is 13.8. The molecule has 102 valence electrons. The maximum Gasteiger partial charge on any atom is 0.288 e. The van der Waals surface area contributed by atoms with Crippen molar-refractivity contribution in [1.29, 1.82) is 0 Å². The summed E-state index contributed by atoms with van der Waals surface area (Å²) in [6, 6.07) is 1.61. The summed E-state index contributed by atoms with van der Waals surface area (Å²) in [5.74, 6) is 1.34. The summed E-state index contributed by atoms with van der Waals surface area (Å²) in [6.45, 7) is 2.70. The van der Waals surface area contributed by atoms with E-state index >= 15 is 0 Å². The van der Waals surface area contributed by atoms with Gasteiger partial charge in [-0.05, 0) is 0 Å². The van der Waals surface area contributed by atoms with E-state index in [4.69, 9.17) is 11.6 Å². The lowest BCUT2D eigenvalue weighted by molar-refractivity contribution is -0.124. The molecule has 2 amide bonds. The number of hydrogen-bond acceptors (Lipinski definition) is 6. The van der Waals surface area contributed by atoms with Crippen LogP contribution in [0.25, 0.3) is 0 Å². The predicted molar refractivity (Wildman–Crippen MR) is 74.5 cm³/mol. The molecule has 1 aliphatic heterocycles. The Hall–Kier alpha value is -1.34. The number of amides is 2. The monoisotopic (exact) mass is 300 g/mol. The van der Waals surface area contributed by atoms with Gasteiger partial charge in [-0.15, -0.1) is 0 Å². The van der Waals surface area contributed by atoms with Crippen molar-refractivity contribution in [2.45, 2.75) is 13.3 Å². The largest absolute Gasteiger partial charge is 0.368 e. The van der Waals surface area contributed by atoms with Gasteiger partial charge in [0.05, 0.1) is 5.75 Å². The summed E-state index contributed by atoms with van der Waals surface area (Å²) >= 11 is 6.90. The molecule has 1 aliphatic rings. The van der Waals surface area contributed by atoms with Crippen LogP contribution in [0, 0.1) is 0 Å². The number of aromatic nitrogens is 2. The van der Waals surface area contributed by atoms with Gasteiger partial charge < -0.3 is 5.32 Å². The molecular formula is C11H13ClN4O2S. The molecule has 0 spiro atoms. The maximum atomic E-state index is 11.4. The average Bonchev–Trinajstić information content (AvgIpc) is 2.69. The van der Waals surface area contributed by atoms with Gasteiger partial charge in [0.2, 0.25) is 5.91 Å². The lowest BCUT2D eigenvalue weighted by atomic mass is 10.4. The molecule has 0 aliphatic carbocycles. The smallest absolute Gasteiger partial charge is 0.288 e. The van der Waals surface area contributed by atoms with Crippen molar-refractivity contribution in [2.24, 2.45) is 0 Å². The zero-order valence-electron chi connectivity index (χ0n) is 10.4. The Morgan fingerprint density at radius 1 is 1.47 bits per heavy atom. The number of hydrogen-bond donors (Lipinski definition) is 1. The van der Waals surface area contributed by atoms with Crippen LogP contribution in [0.3, 0.4) is 0 Å². The summed E-state index contributed by atoms with van der Waals surface area (Å²) in [4.78, 5) is 32.3. The first kappa shape index (κ1) is 14.1. The molecule has 0 atom stereocenters. The number of rotatable bonds is 5. The number of carbonyl (C=O) groups excluding carboxylic acids is 2. The lowest BCUT2D eigenvalue weighted by Crippen LogP contribution is -2.33. The van der Waals surface area contributed by atoms with Gasteiger partial charge in [-0.2, -0.15) is 0 Å². The van der Waals surface area contributed by atoms with Crippen LogP contribution >= 0.6 is 23.4 Å². The molecule has 19 heavy (non-hydrogen) atoms. The van der Waals surface area contributed by atoms with Gasteiger partial charge in [0, 0.05) is 25.6 Å². The number of aryl methyl sites for hydroxylation is 1. The zero-order valence-corrected chi connectivity index (χ0v) is 11.9. The molecule has 0 aromatic carbocycles. The summed E-state index contributed by atoms with van der Waals surface area (Å²) in [7, 11) is 0. The van der Waals surface area contributed by atoms with Crippen LogP contribution < -0.4 is 5.32 Å². The number of nitrogens with zero attached hydrogens (tertiary/aromatic N) is 3. The molecule has 8 heteroatoms. The van der Waals surface area contributed by atoms with E-state index in [9.17, 15) is 9.59 Å².